The van der Waals surface area contributed by atoms with Crippen LogP contribution >= 0.6 is 0 Å². The predicted octanol–water partition coefficient (Wildman–Crippen LogP) is 4.37. The van der Waals surface area contributed by atoms with E-state index in [1.54, 1.807) is 30.1 Å². The molecule has 2 N–H and O–H groups in total. The van der Waals surface area contributed by atoms with Crippen LogP contribution in [0.4, 0.5) is 20.4 Å². The number of ether oxygens (including phenoxy) is 1. The average Bonchev–Trinajstić information content (AvgIpc) is 3.09. The van der Waals surface area contributed by atoms with Gasteiger partial charge in [0.15, 0.2) is 12.3 Å². The van der Waals surface area contributed by atoms with Gasteiger partial charge < -0.3 is 15.4 Å². The third-order valence-corrected chi connectivity index (χ3v) is 6.04. The highest BCUT2D eigenvalue weighted by Gasteiger charge is 2.25. The molecule has 0 aliphatic heterocycles. The summed E-state index contributed by atoms with van der Waals surface area (Å²) in [5.74, 6) is 0.601. The Kier molecular flexibility index (Phi) is 6.71. The summed E-state index contributed by atoms with van der Waals surface area (Å²) in [6.45, 7) is 3.29. The fraction of sp³-hybridized carbons (Fsp3) is 0.478. The van der Waals surface area contributed by atoms with Crippen LogP contribution in [0.15, 0.2) is 24.5 Å². The second kappa shape index (κ2) is 9.68. The van der Waals surface area contributed by atoms with Gasteiger partial charge in [0.2, 0.25) is 11.8 Å². The topological polar surface area (TPSA) is 94.0 Å². The normalized spacial score (nSPS) is 18.5. The second-order valence-electron chi connectivity index (χ2n) is 8.63. The van der Waals surface area contributed by atoms with E-state index >= 15 is 0 Å². The lowest BCUT2D eigenvalue weighted by Gasteiger charge is -2.27. The van der Waals surface area contributed by atoms with E-state index in [2.05, 4.69) is 32.5 Å². The Hall–Kier alpha value is -3.30. The molecular formula is C23H28F2N6O2. The number of amides is 1. The van der Waals surface area contributed by atoms with Crippen molar-refractivity contribution in [3.05, 3.63) is 35.7 Å². The first-order valence-electron chi connectivity index (χ1n) is 11.1. The summed E-state index contributed by atoms with van der Waals surface area (Å²) in [6, 6.07) is 3.46. The van der Waals surface area contributed by atoms with Gasteiger partial charge in [-0.3, -0.25) is 14.3 Å². The van der Waals surface area contributed by atoms with Crippen molar-refractivity contribution in [1.29, 1.82) is 0 Å². The van der Waals surface area contributed by atoms with Crippen molar-refractivity contribution in [1.82, 2.24) is 24.8 Å². The number of carbonyl (C=O) groups is 1. The maximum Gasteiger partial charge on any atom is 0.272 e. The van der Waals surface area contributed by atoms with Crippen molar-refractivity contribution in [3.63, 3.8) is 0 Å². The molecule has 8 nitrogen and oxygen atoms in total. The first-order chi connectivity index (χ1) is 15.8. The fourth-order valence-corrected chi connectivity index (χ4v) is 4.00. The van der Waals surface area contributed by atoms with Crippen molar-refractivity contribution in [2.24, 2.45) is 13.0 Å². The molecule has 4 rings (SSSR count). The SMILES string of the molecule is Cc1ccncc1Nc1nc2cc(C(=O)NC3CCC(C)CC3)c(OCC(F)F)nc2n1C. The molecule has 1 aliphatic rings. The lowest BCUT2D eigenvalue weighted by atomic mass is 9.87. The summed E-state index contributed by atoms with van der Waals surface area (Å²) in [5, 5.41) is 6.22. The van der Waals surface area contributed by atoms with Crippen LogP contribution in [0.3, 0.4) is 0 Å². The van der Waals surface area contributed by atoms with Crippen LogP contribution < -0.4 is 15.4 Å². The monoisotopic (exact) mass is 458 g/mol. The van der Waals surface area contributed by atoms with Gasteiger partial charge >= 0.3 is 0 Å². The quantitative estimate of drug-likeness (QED) is 0.546. The number of carbonyl (C=O) groups excluding carboxylic acids is 1. The zero-order valence-corrected chi connectivity index (χ0v) is 18.9. The van der Waals surface area contributed by atoms with Gasteiger partial charge in [0, 0.05) is 19.3 Å². The molecule has 33 heavy (non-hydrogen) atoms. The van der Waals surface area contributed by atoms with E-state index in [0.29, 0.717) is 23.0 Å². The van der Waals surface area contributed by atoms with E-state index in [0.717, 1.165) is 36.9 Å². The Morgan fingerprint density at radius 3 is 2.73 bits per heavy atom. The minimum atomic E-state index is -2.68. The average molecular weight is 459 g/mol. The Labute approximate surface area is 190 Å². The number of aromatic nitrogens is 4. The van der Waals surface area contributed by atoms with Gasteiger partial charge in [0.25, 0.3) is 12.3 Å². The van der Waals surface area contributed by atoms with Gasteiger partial charge in [-0.05, 0) is 56.2 Å². The summed E-state index contributed by atoms with van der Waals surface area (Å²) in [7, 11) is 1.75. The molecule has 0 atom stereocenters. The molecule has 3 heterocycles. The number of imidazole rings is 1. The van der Waals surface area contributed by atoms with Gasteiger partial charge in [-0.2, -0.15) is 4.98 Å². The minimum Gasteiger partial charge on any atom is -0.471 e. The number of anilines is 2. The molecular weight excluding hydrogens is 430 g/mol. The number of pyridine rings is 2. The Morgan fingerprint density at radius 2 is 2.03 bits per heavy atom. The molecule has 0 aromatic carbocycles. The molecule has 0 saturated heterocycles. The van der Waals surface area contributed by atoms with Gasteiger partial charge in [0.05, 0.1) is 11.9 Å². The fourth-order valence-electron chi connectivity index (χ4n) is 4.00. The molecule has 1 aliphatic carbocycles. The second-order valence-corrected chi connectivity index (χ2v) is 8.63. The molecule has 0 radical (unpaired) electrons. The third-order valence-electron chi connectivity index (χ3n) is 6.04. The van der Waals surface area contributed by atoms with Crippen LogP contribution in [-0.4, -0.2) is 44.5 Å². The summed E-state index contributed by atoms with van der Waals surface area (Å²) in [4.78, 5) is 26.1. The van der Waals surface area contributed by atoms with Crippen molar-refractivity contribution < 1.29 is 18.3 Å². The van der Waals surface area contributed by atoms with Crippen molar-refractivity contribution in [2.45, 2.75) is 52.0 Å². The van der Waals surface area contributed by atoms with Crippen LogP contribution in [0.2, 0.25) is 0 Å². The van der Waals surface area contributed by atoms with E-state index in [1.807, 2.05) is 13.0 Å². The number of aryl methyl sites for hydroxylation is 2. The van der Waals surface area contributed by atoms with Crippen molar-refractivity contribution in [2.75, 3.05) is 11.9 Å². The number of fused-ring (bicyclic) bond motifs is 1. The lowest BCUT2D eigenvalue weighted by Crippen LogP contribution is -2.37. The van der Waals surface area contributed by atoms with Gasteiger partial charge in [-0.25, -0.2) is 13.8 Å². The molecule has 10 heteroatoms. The molecule has 3 aromatic heterocycles. The van der Waals surface area contributed by atoms with E-state index in [1.165, 1.54) is 0 Å². The van der Waals surface area contributed by atoms with Gasteiger partial charge in [-0.15, -0.1) is 0 Å². The van der Waals surface area contributed by atoms with Crippen LogP contribution in [-0.2, 0) is 7.05 Å². The largest absolute Gasteiger partial charge is 0.471 e. The number of halogens is 2. The highest BCUT2D eigenvalue weighted by molar-refractivity contribution is 5.99. The number of nitrogens with zero attached hydrogens (tertiary/aromatic N) is 4. The molecule has 0 unspecified atom stereocenters. The molecule has 1 saturated carbocycles. The Balaban J connectivity index is 1.66. The minimum absolute atomic E-state index is 0.0434. The van der Waals surface area contributed by atoms with Gasteiger partial charge in [-0.1, -0.05) is 6.92 Å². The van der Waals surface area contributed by atoms with E-state index in [9.17, 15) is 13.6 Å². The summed E-state index contributed by atoms with van der Waals surface area (Å²) in [6.07, 6.45) is 4.55. The van der Waals surface area contributed by atoms with Crippen molar-refractivity contribution >= 4 is 28.7 Å². The summed E-state index contributed by atoms with van der Waals surface area (Å²) in [5.41, 5.74) is 2.71. The molecule has 3 aromatic rings. The smallest absolute Gasteiger partial charge is 0.272 e. The lowest BCUT2D eigenvalue weighted by molar-refractivity contribution is 0.0770. The van der Waals surface area contributed by atoms with E-state index < -0.39 is 18.9 Å². The predicted molar refractivity (Wildman–Crippen MR) is 121 cm³/mol. The molecule has 0 spiro atoms. The molecule has 176 valence electrons. The van der Waals surface area contributed by atoms with Crippen LogP contribution in [0.1, 0.15) is 48.5 Å². The zero-order valence-electron chi connectivity index (χ0n) is 18.9. The van der Waals surface area contributed by atoms with Gasteiger partial charge in [0.1, 0.15) is 11.1 Å². The number of alkyl halides is 2. The number of rotatable bonds is 7. The maximum atomic E-state index is 13.1. The zero-order chi connectivity index (χ0) is 23.5. The number of hydrogen-bond acceptors (Lipinski definition) is 6. The van der Waals surface area contributed by atoms with Crippen LogP contribution in [0.5, 0.6) is 5.88 Å². The molecule has 0 bridgehead atoms. The molecule has 1 amide bonds. The summed E-state index contributed by atoms with van der Waals surface area (Å²) < 4.78 is 32.6. The number of hydrogen-bond donors (Lipinski definition) is 2. The number of nitrogens with one attached hydrogen (secondary N) is 2. The Morgan fingerprint density at radius 1 is 1.27 bits per heavy atom. The first kappa shape index (κ1) is 22.9. The van der Waals surface area contributed by atoms with Crippen LogP contribution in [0.25, 0.3) is 11.2 Å². The van der Waals surface area contributed by atoms with Crippen LogP contribution in [0, 0.1) is 12.8 Å². The first-order valence-corrected chi connectivity index (χ1v) is 11.1. The standard InChI is InChI=1S/C23H28F2N6O2/c1-13-4-6-15(7-5-13)27-21(32)16-10-17-20(30-22(16)33-12-19(24)25)31(3)23(28-17)29-18-11-26-9-8-14(18)2/h8-11,13,15,19H,4-7,12H2,1-3H3,(H,27,32)(H,28,29). The van der Waals surface area contributed by atoms with E-state index in [4.69, 9.17) is 4.74 Å². The van der Waals surface area contributed by atoms with Crippen molar-refractivity contribution in [3.8, 4) is 5.88 Å². The molecule has 1 fully saturated rings. The van der Waals surface area contributed by atoms with E-state index in [-0.39, 0.29) is 17.5 Å². The third kappa shape index (κ3) is 5.20. The maximum absolute atomic E-state index is 13.1. The highest BCUT2D eigenvalue weighted by atomic mass is 19.3. The highest BCUT2D eigenvalue weighted by Crippen LogP contribution is 2.28. The summed E-state index contributed by atoms with van der Waals surface area (Å²) >= 11 is 0. The Bertz CT molecular complexity index is 1140.